The number of aromatic nitrogens is 3. The van der Waals surface area contributed by atoms with Gasteiger partial charge in [-0.25, -0.2) is 4.98 Å². The first-order valence-corrected chi connectivity index (χ1v) is 8.19. The summed E-state index contributed by atoms with van der Waals surface area (Å²) in [6.45, 7) is 9.97. The van der Waals surface area contributed by atoms with E-state index >= 15 is 0 Å². The van der Waals surface area contributed by atoms with E-state index in [0.29, 0.717) is 0 Å². The second-order valence-corrected chi connectivity index (χ2v) is 6.04. The molecule has 2 rings (SSSR count). The summed E-state index contributed by atoms with van der Waals surface area (Å²) in [7, 11) is 0. The maximum Gasteiger partial charge on any atom is 0.0847 e. The summed E-state index contributed by atoms with van der Waals surface area (Å²) in [5.41, 5.74) is 5.00. The van der Waals surface area contributed by atoms with Crippen LogP contribution < -0.4 is 5.32 Å². The Morgan fingerprint density at radius 1 is 1.35 bits per heavy atom. The lowest BCUT2D eigenvalue weighted by Crippen LogP contribution is -2.24. The molecule has 1 atom stereocenters. The van der Waals surface area contributed by atoms with Gasteiger partial charge in [0.15, 0.2) is 0 Å². The van der Waals surface area contributed by atoms with E-state index in [1.54, 1.807) is 11.3 Å². The molecule has 2 aromatic heterocycles. The third kappa shape index (κ3) is 3.05. The van der Waals surface area contributed by atoms with Crippen LogP contribution in [0.4, 0.5) is 0 Å². The average molecular weight is 313 g/mol. The van der Waals surface area contributed by atoms with E-state index in [0.717, 1.165) is 41.6 Å². The van der Waals surface area contributed by atoms with Crippen molar-refractivity contribution in [3.8, 4) is 0 Å². The minimum atomic E-state index is 0.242. The number of halogens is 1. The fraction of sp³-hybridized carbons (Fsp3) is 0.571. The summed E-state index contributed by atoms with van der Waals surface area (Å²) in [6.07, 6.45) is 0.838. The number of hydrogen-bond acceptors (Lipinski definition) is 4. The maximum absolute atomic E-state index is 6.41. The molecule has 20 heavy (non-hydrogen) atoms. The molecular formula is C14H21ClN4S. The number of hydrogen-bond donors (Lipinski definition) is 1. The molecule has 2 aromatic rings. The molecule has 6 heteroatoms. The number of aryl methyl sites for hydroxylation is 3. The summed E-state index contributed by atoms with van der Waals surface area (Å²) < 4.78 is 2.00. The molecule has 0 radical (unpaired) electrons. The van der Waals surface area contributed by atoms with E-state index in [-0.39, 0.29) is 6.04 Å². The molecule has 0 saturated carbocycles. The van der Waals surface area contributed by atoms with Crippen molar-refractivity contribution in [2.24, 2.45) is 0 Å². The fourth-order valence-electron chi connectivity index (χ4n) is 2.41. The topological polar surface area (TPSA) is 42.7 Å². The van der Waals surface area contributed by atoms with Gasteiger partial charge in [-0.05, 0) is 27.3 Å². The quantitative estimate of drug-likeness (QED) is 0.887. The smallest absolute Gasteiger partial charge is 0.0847 e. The summed E-state index contributed by atoms with van der Waals surface area (Å²) >= 11 is 8.11. The van der Waals surface area contributed by atoms with Crippen LogP contribution in [-0.4, -0.2) is 21.3 Å². The van der Waals surface area contributed by atoms with E-state index in [1.165, 1.54) is 4.88 Å². The van der Waals surface area contributed by atoms with Crippen molar-refractivity contribution >= 4 is 22.9 Å². The lowest BCUT2D eigenvalue weighted by atomic mass is 10.1. The second-order valence-electron chi connectivity index (χ2n) is 4.78. The first-order valence-electron chi connectivity index (χ1n) is 6.93. The molecule has 1 unspecified atom stereocenters. The Balaban J connectivity index is 2.31. The van der Waals surface area contributed by atoms with Gasteiger partial charge in [0, 0.05) is 23.9 Å². The molecule has 0 aliphatic rings. The van der Waals surface area contributed by atoms with Crippen molar-refractivity contribution in [2.75, 3.05) is 6.54 Å². The summed E-state index contributed by atoms with van der Waals surface area (Å²) in [4.78, 5) is 5.64. The van der Waals surface area contributed by atoms with Crippen LogP contribution in [0.2, 0.25) is 5.02 Å². The first kappa shape index (κ1) is 15.5. The average Bonchev–Trinajstić information content (AvgIpc) is 2.96. The minimum Gasteiger partial charge on any atom is -0.309 e. The zero-order valence-corrected chi connectivity index (χ0v) is 14.0. The molecule has 2 heterocycles. The predicted octanol–water partition coefficient (Wildman–Crippen LogP) is 3.52. The Hall–Kier alpha value is -0.910. The molecule has 110 valence electrons. The zero-order chi connectivity index (χ0) is 14.7. The highest BCUT2D eigenvalue weighted by atomic mass is 35.5. The Labute approximate surface area is 129 Å². The van der Waals surface area contributed by atoms with E-state index in [4.69, 9.17) is 11.6 Å². The van der Waals surface area contributed by atoms with Gasteiger partial charge in [0.1, 0.15) is 0 Å². The third-order valence-electron chi connectivity index (χ3n) is 3.40. The molecule has 0 fully saturated rings. The summed E-state index contributed by atoms with van der Waals surface area (Å²) in [5, 5.41) is 8.81. The van der Waals surface area contributed by atoms with Crippen LogP contribution in [0.1, 0.15) is 41.8 Å². The number of likely N-dealkylation sites (N-methyl/N-ethyl adjacent to an activating group) is 1. The zero-order valence-electron chi connectivity index (χ0n) is 12.4. The van der Waals surface area contributed by atoms with Crippen LogP contribution in [0, 0.1) is 13.8 Å². The van der Waals surface area contributed by atoms with Crippen molar-refractivity contribution in [3.63, 3.8) is 0 Å². The SMILES string of the molecule is CCNC(Cc1c(Cl)c(C)nn1CC)c1scnc1C. The number of nitrogens with zero attached hydrogens (tertiary/aromatic N) is 3. The van der Waals surface area contributed by atoms with Crippen LogP contribution in [0.5, 0.6) is 0 Å². The van der Waals surface area contributed by atoms with Crippen LogP contribution >= 0.6 is 22.9 Å². The van der Waals surface area contributed by atoms with Gasteiger partial charge in [0.25, 0.3) is 0 Å². The van der Waals surface area contributed by atoms with Crippen molar-refractivity contribution in [2.45, 2.75) is 46.7 Å². The molecule has 4 nitrogen and oxygen atoms in total. The van der Waals surface area contributed by atoms with Crippen molar-refractivity contribution < 1.29 is 0 Å². The predicted molar refractivity (Wildman–Crippen MR) is 84.6 cm³/mol. The Bertz CT molecular complexity index is 576. The maximum atomic E-state index is 6.41. The number of rotatable bonds is 6. The molecule has 0 saturated heterocycles. The minimum absolute atomic E-state index is 0.242. The third-order valence-corrected chi connectivity index (χ3v) is 4.94. The Morgan fingerprint density at radius 2 is 2.10 bits per heavy atom. The van der Waals surface area contributed by atoms with Crippen molar-refractivity contribution in [3.05, 3.63) is 32.5 Å². The van der Waals surface area contributed by atoms with Gasteiger partial charge >= 0.3 is 0 Å². The van der Waals surface area contributed by atoms with Gasteiger partial charge in [-0.1, -0.05) is 18.5 Å². The lowest BCUT2D eigenvalue weighted by Gasteiger charge is -2.18. The van der Waals surface area contributed by atoms with Crippen molar-refractivity contribution in [1.82, 2.24) is 20.1 Å². The molecule has 0 aromatic carbocycles. The van der Waals surface area contributed by atoms with Gasteiger partial charge in [0.05, 0.1) is 27.6 Å². The van der Waals surface area contributed by atoms with Gasteiger partial charge in [0.2, 0.25) is 0 Å². The van der Waals surface area contributed by atoms with Crippen molar-refractivity contribution in [1.29, 1.82) is 0 Å². The molecule has 1 N–H and O–H groups in total. The fourth-order valence-corrected chi connectivity index (χ4v) is 3.50. The van der Waals surface area contributed by atoms with Crippen LogP contribution in [0.25, 0.3) is 0 Å². The molecule has 0 spiro atoms. The summed E-state index contributed by atoms with van der Waals surface area (Å²) in [6, 6.07) is 0.242. The largest absolute Gasteiger partial charge is 0.309 e. The molecule has 0 amide bonds. The second kappa shape index (κ2) is 6.70. The normalized spacial score (nSPS) is 12.8. The van der Waals surface area contributed by atoms with E-state index in [2.05, 4.69) is 36.2 Å². The Kier molecular flexibility index (Phi) is 5.18. The summed E-state index contributed by atoms with van der Waals surface area (Å²) in [5.74, 6) is 0. The molecule has 0 aliphatic carbocycles. The van der Waals surface area contributed by atoms with Crippen LogP contribution in [0.15, 0.2) is 5.51 Å². The standard InChI is InChI=1S/C14H21ClN4S/c1-5-16-11(14-10(4)17-8-20-14)7-12-13(15)9(3)18-19(12)6-2/h8,11,16H,5-7H2,1-4H3. The van der Waals surface area contributed by atoms with Crippen LogP contribution in [0.3, 0.4) is 0 Å². The lowest BCUT2D eigenvalue weighted by molar-refractivity contribution is 0.520. The van der Waals surface area contributed by atoms with Gasteiger partial charge in [-0.2, -0.15) is 5.10 Å². The van der Waals surface area contributed by atoms with Gasteiger partial charge in [-0.15, -0.1) is 11.3 Å². The van der Waals surface area contributed by atoms with E-state index in [9.17, 15) is 0 Å². The monoisotopic (exact) mass is 312 g/mol. The van der Waals surface area contributed by atoms with Crippen LogP contribution in [-0.2, 0) is 13.0 Å². The number of nitrogens with one attached hydrogen (secondary N) is 1. The Morgan fingerprint density at radius 3 is 2.65 bits per heavy atom. The molecule has 0 aliphatic heterocycles. The van der Waals surface area contributed by atoms with Gasteiger partial charge < -0.3 is 5.32 Å². The number of thiazole rings is 1. The van der Waals surface area contributed by atoms with E-state index in [1.807, 2.05) is 17.1 Å². The van der Waals surface area contributed by atoms with E-state index < -0.39 is 0 Å². The highest BCUT2D eigenvalue weighted by Gasteiger charge is 2.21. The molecule has 0 bridgehead atoms. The highest BCUT2D eigenvalue weighted by molar-refractivity contribution is 7.09. The highest BCUT2D eigenvalue weighted by Crippen LogP contribution is 2.29. The first-order chi connectivity index (χ1) is 9.58. The van der Waals surface area contributed by atoms with Gasteiger partial charge in [-0.3, -0.25) is 4.68 Å². The molecular weight excluding hydrogens is 292 g/mol.